The zero-order valence-electron chi connectivity index (χ0n) is 28.2. The lowest BCUT2D eigenvalue weighted by Crippen LogP contribution is -2.63. The number of methoxy groups -OCH3 is 2. The standard InChI is InChI=1S/C38H45FN4O4/c1-24-34(27-12-8-10-14-30(27)40-24)35-28(37(35,2)3)22-33(44)43(23-25-11-7-9-13-29(25)39)38(17-19-42(4)20-18-38)36(45)41-31-16-15-26(46-5)21-32(31)47-6/h7-16,21,28,35,40H,17-20,22-23H2,1-6H3,(H,41,45). The molecule has 2 N–H and O–H groups in total. The van der Waals surface area contributed by atoms with E-state index >= 15 is 4.39 Å². The van der Waals surface area contributed by atoms with Crippen molar-refractivity contribution in [2.45, 2.75) is 58.0 Å². The molecule has 1 saturated carbocycles. The number of hydrogen-bond acceptors (Lipinski definition) is 5. The molecule has 6 rings (SSSR count). The van der Waals surface area contributed by atoms with Crippen LogP contribution in [0.5, 0.6) is 11.5 Å². The summed E-state index contributed by atoms with van der Waals surface area (Å²) in [7, 11) is 5.11. The molecule has 2 aliphatic rings. The Morgan fingerprint density at radius 3 is 2.43 bits per heavy atom. The number of benzene rings is 3. The molecule has 3 aromatic carbocycles. The normalized spacial score (nSPS) is 20.1. The zero-order chi connectivity index (χ0) is 33.5. The number of H-pyrrole nitrogens is 1. The number of halogens is 1. The minimum atomic E-state index is -1.21. The van der Waals surface area contributed by atoms with E-state index in [0.717, 1.165) is 11.2 Å². The first-order valence-electron chi connectivity index (χ1n) is 16.3. The molecule has 47 heavy (non-hydrogen) atoms. The van der Waals surface area contributed by atoms with E-state index in [-0.39, 0.29) is 42.0 Å². The van der Waals surface area contributed by atoms with Crippen LogP contribution in [0.3, 0.4) is 0 Å². The number of fused-ring (bicyclic) bond motifs is 1. The summed E-state index contributed by atoms with van der Waals surface area (Å²) in [6, 6.07) is 20.0. The van der Waals surface area contributed by atoms with E-state index in [1.54, 1.807) is 48.4 Å². The highest BCUT2D eigenvalue weighted by Gasteiger charge is 2.60. The summed E-state index contributed by atoms with van der Waals surface area (Å²) in [5.41, 5.74) is 2.98. The number of para-hydroxylation sites is 1. The van der Waals surface area contributed by atoms with E-state index < -0.39 is 11.4 Å². The quantitative estimate of drug-likeness (QED) is 0.197. The molecule has 2 heterocycles. The number of nitrogens with zero attached hydrogens (tertiary/aromatic N) is 2. The number of aromatic amines is 1. The second kappa shape index (κ2) is 12.7. The molecule has 4 aromatic rings. The fourth-order valence-corrected chi connectivity index (χ4v) is 7.72. The van der Waals surface area contributed by atoms with Gasteiger partial charge in [-0.1, -0.05) is 50.2 Å². The van der Waals surface area contributed by atoms with Gasteiger partial charge < -0.3 is 29.6 Å². The van der Waals surface area contributed by atoms with E-state index in [1.165, 1.54) is 24.1 Å². The maximum atomic E-state index is 15.2. The predicted molar refractivity (Wildman–Crippen MR) is 182 cm³/mol. The van der Waals surface area contributed by atoms with Gasteiger partial charge in [0, 0.05) is 54.3 Å². The number of piperidine rings is 1. The molecule has 1 aromatic heterocycles. The number of amides is 2. The van der Waals surface area contributed by atoms with Gasteiger partial charge in [-0.25, -0.2) is 4.39 Å². The molecule has 1 saturated heterocycles. The van der Waals surface area contributed by atoms with Gasteiger partial charge in [0.2, 0.25) is 5.91 Å². The Morgan fingerprint density at radius 2 is 1.72 bits per heavy atom. The van der Waals surface area contributed by atoms with Gasteiger partial charge in [0.15, 0.2) is 0 Å². The van der Waals surface area contributed by atoms with E-state index in [2.05, 4.69) is 48.1 Å². The predicted octanol–water partition coefficient (Wildman–Crippen LogP) is 6.89. The minimum absolute atomic E-state index is 0.00762. The highest BCUT2D eigenvalue weighted by Crippen LogP contribution is 2.67. The summed E-state index contributed by atoms with van der Waals surface area (Å²) in [6.45, 7) is 7.74. The molecule has 1 aliphatic carbocycles. The number of ether oxygens (including phenoxy) is 2. The fraction of sp³-hybridized carbons (Fsp3) is 0.421. The molecule has 9 heteroatoms. The van der Waals surface area contributed by atoms with Crippen LogP contribution in [0.15, 0.2) is 66.7 Å². The van der Waals surface area contributed by atoms with Crippen LogP contribution in [0, 0.1) is 24.1 Å². The highest BCUT2D eigenvalue weighted by atomic mass is 19.1. The number of aromatic nitrogens is 1. The van der Waals surface area contributed by atoms with E-state index in [1.807, 2.05) is 19.2 Å². The van der Waals surface area contributed by atoms with Crippen molar-refractivity contribution in [1.29, 1.82) is 0 Å². The monoisotopic (exact) mass is 640 g/mol. The Balaban J connectivity index is 1.37. The molecule has 0 radical (unpaired) electrons. The van der Waals surface area contributed by atoms with Gasteiger partial charge in [-0.2, -0.15) is 0 Å². The Kier molecular flexibility index (Phi) is 8.78. The highest BCUT2D eigenvalue weighted by molar-refractivity contribution is 6.01. The second-order valence-corrected chi connectivity index (χ2v) is 13.7. The van der Waals surface area contributed by atoms with Crippen LogP contribution in [0.2, 0.25) is 0 Å². The third-order valence-electron chi connectivity index (χ3n) is 10.7. The molecule has 1 aliphatic heterocycles. The molecule has 2 unspecified atom stereocenters. The summed E-state index contributed by atoms with van der Waals surface area (Å²) in [5.74, 6) is 0.421. The number of anilines is 1. The number of carbonyl (C=O) groups is 2. The number of hydrogen-bond donors (Lipinski definition) is 2. The minimum Gasteiger partial charge on any atom is -0.497 e. The molecule has 2 atom stereocenters. The van der Waals surface area contributed by atoms with Crippen LogP contribution in [0.4, 0.5) is 10.1 Å². The van der Waals surface area contributed by atoms with E-state index in [4.69, 9.17) is 9.47 Å². The number of nitrogens with one attached hydrogen (secondary N) is 2. The SMILES string of the molecule is COc1ccc(NC(=O)C2(N(Cc3ccccc3F)C(=O)CC3C(c4c(C)[nH]c5ccccc45)C3(C)C)CCN(C)CC2)c(OC)c1. The summed E-state index contributed by atoms with van der Waals surface area (Å²) in [5, 5.41) is 4.27. The third-order valence-corrected chi connectivity index (χ3v) is 10.7. The Hall–Kier alpha value is -4.37. The fourth-order valence-electron chi connectivity index (χ4n) is 7.72. The molecule has 8 nitrogen and oxygen atoms in total. The smallest absolute Gasteiger partial charge is 0.250 e. The van der Waals surface area contributed by atoms with Crippen molar-refractivity contribution in [3.05, 3.63) is 89.4 Å². The molecule has 2 amide bonds. The zero-order valence-corrected chi connectivity index (χ0v) is 28.2. The van der Waals surface area contributed by atoms with Crippen molar-refractivity contribution in [2.75, 3.05) is 39.7 Å². The average molecular weight is 641 g/mol. The molecular weight excluding hydrogens is 595 g/mol. The lowest BCUT2D eigenvalue weighted by molar-refractivity contribution is -0.150. The Bertz CT molecular complexity index is 1790. The lowest BCUT2D eigenvalue weighted by Gasteiger charge is -2.47. The first kappa shape index (κ1) is 32.6. The summed E-state index contributed by atoms with van der Waals surface area (Å²) in [6.07, 6.45) is 1.07. The summed E-state index contributed by atoms with van der Waals surface area (Å²) >= 11 is 0. The molecule has 0 spiro atoms. The Morgan fingerprint density at radius 1 is 1.02 bits per heavy atom. The van der Waals surface area contributed by atoms with Crippen molar-refractivity contribution in [3.8, 4) is 11.5 Å². The molecule has 0 bridgehead atoms. The summed E-state index contributed by atoms with van der Waals surface area (Å²) in [4.78, 5) is 36.7. The third kappa shape index (κ3) is 5.97. The van der Waals surface area contributed by atoms with Crippen LogP contribution >= 0.6 is 0 Å². The first-order valence-corrected chi connectivity index (χ1v) is 16.3. The molecule has 2 fully saturated rings. The number of aryl methyl sites for hydroxylation is 1. The average Bonchev–Trinajstić information content (AvgIpc) is 3.41. The van der Waals surface area contributed by atoms with Crippen LogP contribution in [-0.4, -0.2) is 66.5 Å². The van der Waals surface area contributed by atoms with Crippen molar-refractivity contribution in [1.82, 2.24) is 14.8 Å². The second-order valence-electron chi connectivity index (χ2n) is 13.7. The van der Waals surface area contributed by atoms with E-state index in [9.17, 15) is 9.59 Å². The lowest BCUT2D eigenvalue weighted by atomic mass is 9.83. The first-order chi connectivity index (χ1) is 22.5. The van der Waals surface area contributed by atoms with Crippen molar-refractivity contribution in [2.24, 2.45) is 11.3 Å². The maximum absolute atomic E-state index is 15.2. The van der Waals surface area contributed by atoms with Gasteiger partial charge >= 0.3 is 0 Å². The van der Waals surface area contributed by atoms with Crippen molar-refractivity contribution < 1.29 is 23.5 Å². The number of rotatable bonds is 10. The van der Waals surface area contributed by atoms with Gasteiger partial charge in [-0.3, -0.25) is 9.59 Å². The topological polar surface area (TPSA) is 86.9 Å². The van der Waals surface area contributed by atoms with Gasteiger partial charge in [0.25, 0.3) is 5.91 Å². The molecule has 248 valence electrons. The van der Waals surface area contributed by atoms with Gasteiger partial charge in [0.1, 0.15) is 22.9 Å². The van der Waals surface area contributed by atoms with Crippen molar-refractivity contribution >= 4 is 28.4 Å². The summed E-state index contributed by atoms with van der Waals surface area (Å²) < 4.78 is 26.2. The largest absolute Gasteiger partial charge is 0.497 e. The van der Waals surface area contributed by atoms with Gasteiger partial charge in [-0.05, 0) is 73.9 Å². The Labute approximate surface area is 276 Å². The van der Waals surface area contributed by atoms with Crippen LogP contribution in [0.1, 0.15) is 55.8 Å². The maximum Gasteiger partial charge on any atom is 0.250 e. The number of likely N-dealkylation sites (tertiary alicyclic amines) is 1. The van der Waals surface area contributed by atoms with Crippen LogP contribution in [-0.2, 0) is 16.1 Å². The van der Waals surface area contributed by atoms with Crippen molar-refractivity contribution in [3.63, 3.8) is 0 Å². The van der Waals surface area contributed by atoms with Gasteiger partial charge in [0.05, 0.1) is 19.9 Å². The van der Waals surface area contributed by atoms with Crippen LogP contribution in [0.25, 0.3) is 10.9 Å². The van der Waals surface area contributed by atoms with Crippen LogP contribution < -0.4 is 14.8 Å². The number of carbonyl (C=O) groups excluding carboxylic acids is 2. The van der Waals surface area contributed by atoms with E-state index in [0.29, 0.717) is 48.7 Å². The van der Waals surface area contributed by atoms with Gasteiger partial charge in [-0.15, -0.1) is 0 Å². The molecular formula is C38H45FN4O4.